The van der Waals surface area contributed by atoms with Crippen molar-refractivity contribution >= 4 is 0 Å². The van der Waals surface area contributed by atoms with E-state index >= 15 is 0 Å². The fourth-order valence-electron chi connectivity index (χ4n) is 2.18. The molecule has 0 amide bonds. The molecule has 90 valence electrons. The molecule has 0 aromatic rings. The third kappa shape index (κ3) is 4.96. The second-order valence-corrected chi connectivity index (χ2v) is 4.28. The van der Waals surface area contributed by atoms with Crippen LogP contribution in [0.25, 0.3) is 0 Å². The Kier molecular flexibility index (Phi) is 6.98. The standard InChI is InChI=1S/C12H26N2O/c1-3-12-11(6-9-15-12)10-14-8-5-7-13-4-2/h11-14H,3-10H2,1-2H3. The zero-order chi connectivity index (χ0) is 10.9. The lowest BCUT2D eigenvalue weighted by molar-refractivity contribution is 0.0873. The highest BCUT2D eigenvalue weighted by Gasteiger charge is 2.25. The molecule has 0 spiro atoms. The molecule has 1 aliphatic rings. The highest BCUT2D eigenvalue weighted by Crippen LogP contribution is 2.22. The van der Waals surface area contributed by atoms with Crippen molar-refractivity contribution in [2.45, 2.75) is 39.2 Å². The first-order valence-electron chi connectivity index (χ1n) is 6.41. The zero-order valence-corrected chi connectivity index (χ0v) is 10.2. The first-order chi connectivity index (χ1) is 7.38. The summed E-state index contributed by atoms with van der Waals surface area (Å²) in [5.41, 5.74) is 0. The Balaban J connectivity index is 1.95. The maximum absolute atomic E-state index is 5.66. The van der Waals surface area contributed by atoms with Crippen LogP contribution in [0.2, 0.25) is 0 Å². The van der Waals surface area contributed by atoms with E-state index in [4.69, 9.17) is 4.74 Å². The fraction of sp³-hybridized carbons (Fsp3) is 1.00. The average Bonchev–Trinajstić information content (AvgIpc) is 2.70. The van der Waals surface area contributed by atoms with Crippen molar-refractivity contribution < 1.29 is 4.74 Å². The average molecular weight is 214 g/mol. The van der Waals surface area contributed by atoms with E-state index in [1.807, 2.05) is 0 Å². The summed E-state index contributed by atoms with van der Waals surface area (Å²) in [5, 5.41) is 6.86. The second-order valence-electron chi connectivity index (χ2n) is 4.28. The Morgan fingerprint density at radius 3 is 2.73 bits per heavy atom. The molecule has 0 aliphatic carbocycles. The minimum absolute atomic E-state index is 0.506. The third-order valence-corrected chi connectivity index (χ3v) is 3.11. The molecular weight excluding hydrogens is 188 g/mol. The smallest absolute Gasteiger partial charge is 0.0613 e. The van der Waals surface area contributed by atoms with Crippen molar-refractivity contribution in [2.24, 2.45) is 5.92 Å². The topological polar surface area (TPSA) is 33.3 Å². The van der Waals surface area contributed by atoms with Gasteiger partial charge in [-0.25, -0.2) is 0 Å². The van der Waals surface area contributed by atoms with Crippen LogP contribution in [-0.2, 0) is 4.74 Å². The molecule has 1 fully saturated rings. The van der Waals surface area contributed by atoms with Crippen LogP contribution < -0.4 is 10.6 Å². The van der Waals surface area contributed by atoms with Crippen molar-refractivity contribution in [3.8, 4) is 0 Å². The molecule has 1 heterocycles. The lowest BCUT2D eigenvalue weighted by atomic mass is 10.00. The Morgan fingerprint density at radius 2 is 2.00 bits per heavy atom. The van der Waals surface area contributed by atoms with E-state index in [2.05, 4.69) is 24.5 Å². The van der Waals surface area contributed by atoms with E-state index in [0.717, 1.165) is 45.1 Å². The molecule has 0 aromatic carbocycles. The number of ether oxygens (including phenoxy) is 1. The Morgan fingerprint density at radius 1 is 1.20 bits per heavy atom. The lowest BCUT2D eigenvalue weighted by Crippen LogP contribution is -2.30. The maximum atomic E-state index is 5.66. The summed E-state index contributed by atoms with van der Waals surface area (Å²) in [4.78, 5) is 0. The number of hydrogen-bond acceptors (Lipinski definition) is 3. The van der Waals surface area contributed by atoms with Crippen molar-refractivity contribution in [1.82, 2.24) is 10.6 Å². The first-order valence-corrected chi connectivity index (χ1v) is 6.41. The van der Waals surface area contributed by atoms with Crippen molar-refractivity contribution in [3.63, 3.8) is 0 Å². The van der Waals surface area contributed by atoms with Gasteiger partial charge in [0.2, 0.25) is 0 Å². The molecule has 3 heteroatoms. The maximum Gasteiger partial charge on any atom is 0.0613 e. The number of rotatable bonds is 8. The van der Waals surface area contributed by atoms with Gasteiger partial charge in [0.1, 0.15) is 0 Å². The predicted octanol–water partition coefficient (Wildman–Crippen LogP) is 1.39. The summed E-state index contributed by atoms with van der Waals surface area (Å²) in [6.07, 6.45) is 4.12. The molecule has 2 unspecified atom stereocenters. The molecule has 1 saturated heterocycles. The Hall–Kier alpha value is -0.120. The van der Waals surface area contributed by atoms with Crippen molar-refractivity contribution in [2.75, 3.05) is 32.8 Å². The number of hydrogen-bond donors (Lipinski definition) is 2. The van der Waals surface area contributed by atoms with E-state index in [9.17, 15) is 0 Å². The zero-order valence-electron chi connectivity index (χ0n) is 10.2. The molecule has 0 radical (unpaired) electrons. The van der Waals surface area contributed by atoms with Crippen molar-refractivity contribution in [1.29, 1.82) is 0 Å². The minimum atomic E-state index is 0.506. The quantitative estimate of drug-likeness (QED) is 0.599. The summed E-state index contributed by atoms with van der Waals surface area (Å²) in [6, 6.07) is 0. The molecule has 1 rings (SSSR count). The second kappa shape index (κ2) is 8.08. The van der Waals surface area contributed by atoms with Crippen LogP contribution in [0.15, 0.2) is 0 Å². The van der Waals surface area contributed by atoms with Gasteiger partial charge < -0.3 is 15.4 Å². The molecule has 3 nitrogen and oxygen atoms in total. The van der Waals surface area contributed by atoms with Gasteiger partial charge in [0, 0.05) is 13.2 Å². The van der Waals surface area contributed by atoms with Gasteiger partial charge in [0.15, 0.2) is 0 Å². The van der Waals surface area contributed by atoms with Gasteiger partial charge >= 0.3 is 0 Å². The van der Waals surface area contributed by atoms with Crippen LogP contribution in [-0.4, -0.2) is 38.9 Å². The molecule has 0 aromatic heterocycles. The summed E-state index contributed by atoms with van der Waals surface area (Å²) in [5.74, 6) is 0.745. The number of nitrogens with one attached hydrogen (secondary N) is 2. The van der Waals surface area contributed by atoms with Crippen LogP contribution in [0.1, 0.15) is 33.1 Å². The molecule has 2 N–H and O–H groups in total. The summed E-state index contributed by atoms with van der Waals surface area (Å²) in [6.45, 7) is 9.78. The van der Waals surface area contributed by atoms with Gasteiger partial charge in [-0.3, -0.25) is 0 Å². The van der Waals surface area contributed by atoms with Gasteiger partial charge in [-0.1, -0.05) is 13.8 Å². The minimum Gasteiger partial charge on any atom is -0.378 e. The van der Waals surface area contributed by atoms with E-state index < -0.39 is 0 Å². The van der Waals surface area contributed by atoms with Crippen LogP contribution in [0.3, 0.4) is 0 Å². The van der Waals surface area contributed by atoms with Crippen LogP contribution in [0, 0.1) is 5.92 Å². The van der Waals surface area contributed by atoms with E-state index in [-0.39, 0.29) is 0 Å². The normalized spacial score (nSPS) is 26.0. The Bertz CT molecular complexity index is 153. The monoisotopic (exact) mass is 214 g/mol. The summed E-state index contributed by atoms with van der Waals surface area (Å²) >= 11 is 0. The molecule has 0 saturated carbocycles. The van der Waals surface area contributed by atoms with Gasteiger partial charge in [0.05, 0.1) is 6.10 Å². The fourth-order valence-corrected chi connectivity index (χ4v) is 2.18. The molecule has 1 aliphatic heterocycles. The molecule has 0 bridgehead atoms. The summed E-state index contributed by atoms with van der Waals surface area (Å²) < 4.78 is 5.66. The lowest BCUT2D eigenvalue weighted by Gasteiger charge is -2.17. The van der Waals surface area contributed by atoms with Gasteiger partial charge in [0.25, 0.3) is 0 Å². The predicted molar refractivity (Wildman–Crippen MR) is 64.2 cm³/mol. The van der Waals surface area contributed by atoms with E-state index in [0.29, 0.717) is 6.10 Å². The molecule has 15 heavy (non-hydrogen) atoms. The third-order valence-electron chi connectivity index (χ3n) is 3.11. The molecular formula is C12H26N2O. The van der Waals surface area contributed by atoms with Gasteiger partial charge in [-0.2, -0.15) is 0 Å². The Labute approximate surface area is 94.0 Å². The highest BCUT2D eigenvalue weighted by atomic mass is 16.5. The summed E-state index contributed by atoms with van der Waals surface area (Å²) in [7, 11) is 0. The van der Waals surface area contributed by atoms with Crippen LogP contribution in [0.4, 0.5) is 0 Å². The van der Waals surface area contributed by atoms with Crippen molar-refractivity contribution in [3.05, 3.63) is 0 Å². The van der Waals surface area contributed by atoms with Gasteiger partial charge in [-0.05, 0) is 44.8 Å². The first kappa shape index (κ1) is 12.9. The van der Waals surface area contributed by atoms with Gasteiger partial charge in [-0.15, -0.1) is 0 Å². The van der Waals surface area contributed by atoms with Crippen LogP contribution >= 0.6 is 0 Å². The van der Waals surface area contributed by atoms with Crippen LogP contribution in [0.5, 0.6) is 0 Å². The highest BCUT2D eigenvalue weighted by molar-refractivity contribution is 4.76. The largest absolute Gasteiger partial charge is 0.378 e. The van der Waals surface area contributed by atoms with E-state index in [1.165, 1.54) is 12.8 Å². The SMILES string of the molecule is CCNCCCNCC1CCOC1CC. The van der Waals surface area contributed by atoms with E-state index in [1.54, 1.807) is 0 Å². The molecule has 2 atom stereocenters.